The Morgan fingerprint density at radius 1 is 1.27 bits per heavy atom. The Morgan fingerprint density at radius 3 is 2.63 bits per heavy atom. The van der Waals surface area contributed by atoms with Crippen LogP contribution in [0.4, 0.5) is 5.00 Å². The number of rotatable bonds is 3. The molecule has 1 fully saturated rings. The van der Waals surface area contributed by atoms with E-state index in [4.69, 9.17) is 4.42 Å². The maximum atomic E-state index is 13.6. The van der Waals surface area contributed by atoms with Crippen LogP contribution >= 0.6 is 11.3 Å². The first-order valence-electron chi connectivity index (χ1n) is 10.8. The van der Waals surface area contributed by atoms with Crippen molar-refractivity contribution in [3.8, 4) is 0 Å². The van der Waals surface area contributed by atoms with E-state index < -0.39 is 0 Å². The number of carbonyl (C=O) groups is 2. The molecule has 0 aromatic carbocycles. The van der Waals surface area contributed by atoms with Crippen LogP contribution in [0.3, 0.4) is 0 Å². The van der Waals surface area contributed by atoms with Crippen molar-refractivity contribution in [3.63, 3.8) is 0 Å². The van der Waals surface area contributed by atoms with Crippen LogP contribution in [0, 0.1) is 11.3 Å². The predicted molar refractivity (Wildman–Crippen MR) is 118 cm³/mol. The van der Waals surface area contributed by atoms with Crippen molar-refractivity contribution in [2.45, 2.75) is 40.0 Å². The van der Waals surface area contributed by atoms with E-state index >= 15 is 0 Å². The third-order valence-electron chi connectivity index (χ3n) is 6.58. The van der Waals surface area contributed by atoms with Crippen LogP contribution in [0.15, 0.2) is 22.8 Å². The molecule has 3 heterocycles. The van der Waals surface area contributed by atoms with Gasteiger partial charge in [0.1, 0.15) is 5.00 Å². The van der Waals surface area contributed by atoms with E-state index in [0.29, 0.717) is 16.5 Å². The van der Waals surface area contributed by atoms with Gasteiger partial charge in [-0.05, 0) is 48.3 Å². The number of thiophene rings is 1. The number of amides is 2. The summed E-state index contributed by atoms with van der Waals surface area (Å²) in [7, 11) is 2.16. The van der Waals surface area contributed by atoms with Crippen molar-refractivity contribution in [3.05, 3.63) is 40.2 Å². The zero-order valence-corrected chi connectivity index (χ0v) is 19.2. The van der Waals surface area contributed by atoms with Crippen molar-refractivity contribution >= 4 is 28.2 Å². The normalized spacial score (nSPS) is 20.1. The molecule has 0 spiro atoms. The molecule has 0 saturated carbocycles. The molecule has 2 aromatic rings. The highest BCUT2D eigenvalue weighted by atomic mass is 32.1. The standard InChI is InChI=1S/C23H31N3O3S/c1-23(2,3)15-7-8-16-18(14-15)30-21(24-20(27)17-6-5-13-29-17)19(16)22(28)26-11-9-25(4)10-12-26/h5-6,13,15H,7-12,14H2,1-4H3,(H,24,27)/p+1/t15-/m1/s1. The number of anilines is 1. The highest BCUT2D eigenvalue weighted by Gasteiger charge is 2.36. The van der Waals surface area contributed by atoms with Crippen LogP contribution in [0.1, 0.15) is 58.5 Å². The van der Waals surface area contributed by atoms with Crippen LogP contribution in [0.2, 0.25) is 0 Å². The third-order valence-corrected chi connectivity index (χ3v) is 7.75. The number of hydrogen-bond donors (Lipinski definition) is 2. The van der Waals surface area contributed by atoms with Crippen molar-refractivity contribution in [2.75, 3.05) is 38.5 Å². The van der Waals surface area contributed by atoms with E-state index in [-0.39, 0.29) is 23.0 Å². The van der Waals surface area contributed by atoms with Gasteiger partial charge in [-0.25, -0.2) is 0 Å². The monoisotopic (exact) mass is 430 g/mol. The van der Waals surface area contributed by atoms with Gasteiger partial charge in [0.25, 0.3) is 11.8 Å². The number of likely N-dealkylation sites (N-methyl/N-ethyl adjacent to an activating group) is 1. The average molecular weight is 431 g/mol. The number of piperazine rings is 1. The lowest BCUT2D eigenvalue weighted by molar-refractivity contribution is -0.883. The minimum absolute atomic E-state index is 0.0592. The number of hydrogen-bond acceptors (Lipinski definition) is 4. The van der Waals surface area contributed by atoms with Crippen LogP contribution in [0.5, 0.6) is 0 Å². The van der Waals surface area contributed by atoms with E-state index in [1.54, 1.807) is 23.5 Å². The summed E-state index contributed by atoms with van der Waals surface area (Å²) in [5.74, 6) is 0.592. The van der Waals surface area contributed by atoms with Crippen LogP contribution < -0.4 is 10.2 Å². The summed E-state index contributed by atoms with van der Waals surface area (Å²) in [6.07, 6.45) is 4.42. The van der Waals surface area contributed by atoms with Gasteiger partial charge in [0.05, 0.1) is 45.1 Å². The lowest BCUT2D eigenvalue weighted by Crippen LogP contribution is -3.12. The number of furan rings is 1. The van der Waals surface area contributed by atoms with Gasteiger partial charge in [0.2, 0.25) is 0 Å². The summed E-state index contributed by atoms with van der Waals surface area (Å²) in [5, 5.41) is 3.66. The Bertz CT molecular complexity index is 918. The number of nitrogens with one attached hydrogen (secondary N) is 2. The molecule has 2 amide bonds. The molecule has 0 unspecified atom stereocenters. The smallest absolute Gasteiger partial charge is 0.291 e. The van der Waals surface area contributed by atoms with E-state index in [9.17, 15) is 9.59 Å². The summed E-state index contributed by atoms with van der Waals surface area (Å²) < 4.78 is 5.25. The Hall–Kier alpha value is -2.12. The molecule has 1 aliphatic heterocycles. The van der Waals surface area contributed by atoms with Gasteiger partial charge in [0.15, 0.2) is 5.76 Å². The van der Waals surface area contributed by atoms with Gasteiger partial charge in [-0.1, -0.05) is 20.8 Å². The quantitative estimate of drug-likeness (QED) is 0.787. The molecular weight excluding hydrogens is 398 g/mol. The molecule has 2 aliphatic rings. The lowest BCUT2D eigenvalue weighted by Gasteiger charge is -2.34. The fraction of sp³-hybridized carbons (Fsp3) is 0.565. The first kappa shape index (κ1) is 21.1. The molecule has 1 aliphatic carbocycles. The highest BCUT2D eigenvalue weighted by Crippen LogP contribution is 2.44. The lowest BCUT2D eigenvalue weighted by atomic mass is 9.72. The molecule has 2 aromatic heterocycles. The molecule has 7 heteroatoms. The van der Waals surface area contributed by atoms with Gasteiger partial charge in [-0.3, -0.25) is 9.59 Å². The fourth-order valence-electron chi connectivity index (χ4n) is 4.46. The molecule has 6 nitrogen and oxygen atoms in total. The minimum atomic E-state index is -0.303. The van der Waals surface area contributed by atoms with Crippen molar-refractivity contribution in [1.82, 2.24) is 4.90 Å². The van der Waals surface area contributed by atoms with E-state index in [0.717, 1.165) is 51.0 Å². The second-order valence-electron chi connectivity index (χ2n) is 9.69. The summed E-state index contributed by atoms with van der Waals surface area (Å²) in [6, 6.07) is 3.34. The summed E-state index contributed by atoms with van der Waals surface area (Å²) in [6.45, 7) is 10.3. The number of nitrogens with zero attached hydrogens (tertiary/aromatic N) is 1. The van der Waals surface area contributed by atoms with Crippen molar-refractivity contribution in [2.24, 2.45) is 11.3 Å². The van der Waals surface area contributed by atoms with Crippen molar-refractivity contribution in [1.29, 1.82) is 0 Å². The molecule has 4 rings (SSSR count). The fourth-order valence-corrected chi connectivity index (χ4v) is 5.78. The van der Waals surface area contributed by atoms with Gasteiger partial charge < -0.3 is 19.5 Å². The second kappa shape index (κ2) is 8.19. The molecule has 30 heavy (non-hydrogen) atoms. The van der Waals surface area contributed by atoms with E-state index in [2.05, 4.69) is 33.1 Å². The SMILES string of the molecule is C[NH+]1CCN(C(=O)c2c(NC(=O)c3ccco3)sc3c2CC[C@@H](C(C)(C)C)C3)CC1. The first-order valence-corrected chi connectivity index (χ1v) is 11.7. The maximum absolute atomic E-state index is 13.6. The average Bonchev–Trinajstić information content (AvgIpc) is 3.34. The van der Waals surface area contributed by atoms with Crippen LogP contribution in [-0.2, 0) is 12.8 Å². The zero-order chi connectivity index (χ0) is 21.5. The van der Waals surface area contributed by atoms with Gasteiger partial charge in [-0.2, -0.15) is 0 Å². The summed E-state index contributed by atoms with van der Waals surface area (Å²) >= 11 is 1.57. The highest BCUT2D eigenvalue weighted by molar-refractivity contribution is 7.17. The number of fused-ring (bicyclic) bond motifs is 1. The molecule has 0 bridgehead atoms. The number of carbonyl (C=O) groups excluding carboxylic acids is 2. The predicted octanol–water partition coefficient (Wildman–Crippen LogP) is 2.71. The first-order chi connectivity index (χ1) is 14.2. The van der Waals surface area contributed by atoms with E-state index in [1.807, 2.05) is 4.90 Å². The van der Waals surface area contributed by atoms with Gasteiger partial charge >= 0.3 is 0 Å². The second-order valence-corrected chi connectivity index (χ2v) is 10.8. The maximum Gasteiger partial charge on any atom is 0.291 e. The topological polar surface area (TPSA) is 67.0 Å². The Kier molecular flexibility index (Phi) is 5.77. The van der Waals surface area contributed by atoms with Crippen molar-refractivity contribution < 1.29 is 18.9 Å². The minimum Gasteiger partial charge on any atom is -0.459 e. The molecule has 2 N–H and O–H groups in total. The zero-order valence-electron chi connectivity index (χ0n) is 18.3. The van der Waals surface area contributed by atoms with Crippen LogP contribution in [-0.4, -0.2) is 49.9 Å². The third kappa shape index (κ3) is 4.18. The molecule has 1 atom stereocenters. The van der Waals surface area contributed by atoms with E-state index in [1.165, 1.54) is 16.0 Å². The molecular formula is C23H32N3O3S+. The molecule has 1 saturated heterocycles. The summed E-state index contributed by atoms with van der Waals surface area (Å²) in [5.41, 5.74) is 2.08. The molecule has 0 radical (unpaired) electrons. The Balaban J connectivity index is 1.66. The Morgan fingerprint density at radius 2 is 2.00 bits per heavy atom. The Labute approximate surface area is 182 Å². The van der Waals surface area contributed by atoms with Crippen LogP contribution in [0.25, 0.3) is 0 Å². The van der Waals surface area contributed by atoms with Gasteiger partial charge in [0, 0.05) is 4.88 Å². The summed E-state index contributed by atoms with van der Waals surface area (Å²) in [4.78, 5) is 30.9. The molecule has 162 valence electrons. The number of quaternary nitrogens is 1. The van der Waals surface area contributed by atoms with Gasteiger partial charge in [-0.15, -0.1) is 11.3 Å². The largest absolute Gasteiger partial charge is 0.459 e.